The second kappa shape index (κ2) is 9.08. The van der Waals surface area contributed by atoms with Crippen molar-refractivity contribution in [3.8, 4) is 0 Å². The van der Waals surface area contributed by atoms with Crippen molar-refractivity contribution in [2.75, 3.05) is 6.61 Å². The molecule has 1 atom stereocenters. The SMILES string of the molecule is CC[C@H](C(=O)OCC(=O)NCc1ccccc1Cl)c1ccccc1. The minimum Gasteiger partial charge on any atom is -0.455 e. The predicted molar refractivity (Wildman–Crippen MR) is 93.7 cm³/mol. The highest BCUT2D eigenvalue weighted by molar-refractivity contribution is 6.31. The minimum atomic E-state index is -0.392. The molecule has 5 heteroatoms. The lowest BCUT2D eigenvalue weighted by atomic mass is 9.97. The minimum absolute atomic E-state index is 0.298. The topological polar surface area (TPSA) is 55.4 Å². The molecule has 2 rings (SSSR count). The van der Waals surface area contributed by atoms with Crippen molar-refractivity contribution in [3.05, 3.63) is 70.7 Å². The van der Waals surface area contributed by atoms with Gasteiger partial charge in [-0.1, -0.05) is 67.1 Å². The quantitative estimate of drug-likeness (QED) is 0.778. The van der Waals surface area contributed by atoms with E-state index in [-0.39, 0.29) is 18.4 Å². The van der Waals surface area contributed by atoms with Crippen molar-refractivity contribution in [3.63, 3.8) is 0 Å². The molecule has 2 aromatic rings. The molecule has 0 bridgehead atoms. The smallest absolute Gasteiger partial charge is 0.313 e. The lowest BCUT2D eigenvalue weighted by Crippen LogP contribution is -2.29. The van der Waals surface area contributed by atoms with E-state index in [1.54, 1.807) is 6.07 Å². The van der Waals surface area contributed by atoms with E-state index in [0.29, 0.717) is 18.0 Å². The molecule has 4 nitrogen and oxygen atoms in total. The first kappa shape index (κ1) is 18.0. The maximum absolute atomic E-state index is 12.2. The Hall–Kier alpha value is -2.33. The Morgan fingerprint density at radius 3 is 2.42 bits per heavy atom. The van der Waals surface area contributed by atoms with Crippen LogP contribution in [0.5, 0.6) is 0 Å². The van der Waals surface area contributed by atoms with Gasteiger partial charge in [0.15, 0.2) is 6.61 Å². The molecule has 0 aliphatic rings. The average Bonchev–Trinajstić information content (AvgIpc) is 2.61. The van der Waals surface area contributed by atoms with Crippen LogP contribution in [0, 0.1) is 0 Å². The summed E-state index contributed by atoms with van der Waals surface area (Å²) in [5.41, 5.74) is 1.70. The molecule has 24 heavy (non-hydrogen) atoms. The lowest BCUT2D eigenvalue weighted by Gasteiger charge is -2.14. The van der Waals surface area contributed by atoms with E-state index in [1.165, 1.54) is 0 Å². The molecular formula is C19H20ClNO3. The van der Waals surface area contributed by atoms with Gasteiger partial charge in [-0.25, -0.2) is 0 Å². The van der Waals surface area contributed by atoms with Crippen LogP contribution in [-0.4, -0.2) is 18.5 Å². The van der Waals surface area contributed by atoms with E-state index in [9.17, 15) is 9.59 Å². The zero-order chi connectivity index (χ0) is 17.4. The first-order chi connectivity index (χ1) is 11.6. The van der Waals surface area contributed by atoms with Gasteiger partial charge in [0.1, 0.15) is 0 Å². The fourth-order valence-electron chi connectivity index (χ4n) is 2.35. The molecule has 1 N–H and O–H groups in total. The maximum Gasteiger partial charge on any atom is 0.313 e. The van der Waals surface area contributed by atoms with Gasteiger partial charge in [0.25, 0.3) is 5.91 Å². The van der Waals surface area contributed by atoms with Crippen molar-refractivity contribution >= 4 is 23.5 Å². The molecule has 0 aliphatic carbocycles. The van der Waals surface area contributed by atoms with Crippen LogP contribution in [0.25, 0.3) is 0 Å². The predicted octanol–water partition coefficient (Wildman–Crippen LogP) is 3.69. The Bertz CT molecular complexity index is 688. The molecule has 126 valence electrons. The van der Waals surface area contributed by atoms with E-state index < -0.39 is 5.97 Å². The second-order valence-corrected chi connectivity index (χ2v) is 5.75. The first-order valence-corrected chi connectivity index (χ1v) is 8.21. The first-order valence-electron chi connectivity index (χ1n) is 7.83. The van der Waals surface area contributed by atoms with Crippen LogP contribution in [0.4, 0.5) is 0 Å². The summed E-state index contributed by atoms with van der Waals surface area (Å²) in [6.45, 7) is 1.91. The molecule has 0 unspecified atom stereocenters. The van der Waals surface area contributed by atoms with Crippen molar-refractivity contribution in [1.29, 1.82) is 0 Å². The molecule has 0 radical (unpaired) electrons. The summed E-state index contributed by atoms with van der Waals surface area (Å²) in [7, 11) is 0. The van der Waals surface area contributed by atoms with Crippen LogP contribution in [0.3, 0.4) is 0 Å². The van der Waals surface area contributed by atoms with Crippen LogP contribution >= 0.6 is 11.6 Å². The number of carbonyl (C=O) groups excluding carboxylic acids is 2. The molecule has 0 saturated carbocycles. The van der Waals surface area contributed by atoms with Crippen molar-refractivity contribution < 1.29 is 14.3 Å². The van der Waals surface area contributed by atoms with Gasteiger partial charge in [-0.15, -0.1) is 0 Å². The van der Waals surface area contributed by atoms with E-state index in [2.05, 4.69) is 5.32 Å². The number of benzene rings is 2. The van der Waals surface area contributed by atoms with Crippen molar-refractivity contribution in [2.24, 2.45) is 0 Å². The molecular weight excluding hydrogens is 326 g/mol. The van der Waals surface area contributed by atoms with E-state index in [0.717, 1.165) is 11.1 Å². The summed E-state index contributed by atoms with van der Waals surface area (Å²) in [4.78, 5) is 24.0. The summed E-state index contributed by atoms with van der Waals surface area (Å²) in [5, 5.41) is 3.28. The van der Waals surface area contributed by atoms with Crippen LogP contribution in [-0.2, 0) is 20.9 Å². The largest absolute Gasteiger partial charge is 0.455 e. The molecule has 0 fully saturated rings. The van der Waals surface area contributed by atoms with Crippen LogP contribution < -0.4 is 5.32 Å². The number of amides is 1. The van der Waals surface area contributed by atoms with Gasteiger partial charge < -0.3 is 10.1 Å². The molecule has 0 heterocycles. The highest BCUT2D eigenvalue weighted by atomic mass is 35.5. The zero-order valence-corrected chi connectivity index (χ0v) is 14.3. The van der Waals surface area contributed by atoms with Crippen LogP contribution in [0.1, 0.15) is 30.4 Å². The highest BCUT2D eigenvalue weighted by Gasteiger charge is 2.20. The van der Waals surface area contributed by atoms with Crippen LogP contribution in [0.15, 0.2) is 54.6 Å². The van der Waals surface area contributed by atoms with Crippen molar-refractivity contribution in [2.45, 2.75) is 25.8 Å². The Labute approximate surface area is 146 Å². The van der Waals surface area contributed by atoms with E-state index >= 15 is 0 Å². The number of hydrogen-bond donors (Lipinski definition) is 1. The second-order valence-electron chi connectivity index (χ2n) is 5.35. The highest BCUT2D eigenvalue weighted by Crippen LogP contribution is 2.20. The number of nitrogens with one attached hydrogen (secondary N) is 1. The molecule has 1 amide bonds. The molecule has 0 aromatic heterocycles. The van der Waals surface area contributed by atoms with Gasteiger partial charge in [0.05, 0.1) is 5.92 Å². The summed E-state index contributed by atoms with van der Waals surface area (Å²) < 4.78 is 5.15. The standard InChI is InChI=1S/C19H20ClNO3/c1-2-16(14-8-4-3-5-9-14)19(23)24-13-18(22)21-12-15-10-6-7-11-17(15)20/h3-11,16H,2,12-13H2,1H3,(H,21,22)/t16-/m0/s1. The Morgan fingerprint density at radius 1 is 1.08 bits per heavy atom. The normalized spacial score (nSPS) is 11.6. The third-order valence-corrected chi connectivity index (χ3v) is 4.04. The average molecular weight is 346 g/mol. The summed E-state index contributed by atoms with van der Waals surface area (Å²) >= 11 is 6.03. The lowest BCUT2D eigenvalue weighted by molar-refractivity contribution is -0.150. The van der Waals surface area contributed by atoms with Crippen molar-refractivity contribution in [1.82, 2.24) is 5.32 Å². The van der Waals surface area contributed by atoms with Gasteiger partial charge in [0.2, 0.25) is 0 Å². The number of carbonyl (C=O) groups is 2. The van der Waals surface area contributed by atoms with Gasteiger partial charge in [0, 0.05) is 11.6 Å². The number of ether oxygens (including phenoxy) is 1. The summed E-state index contributed by atoms with van der Waals surface area (Å²) in [6, 6.07) is 16.7. The third kappa shape index (κ3) is 5.10. The molecule has 2 aromatic carbocycles. The number of esters is 1. The number of rotatable bonds is 7. The van der Waals surface area contributed by atoms with Gasteiger partial charge >= 0.3 is 5.97 Å². The maximum atomic E-state index is 12.2. The number of halogens is 1. The fraction of sp³-hybridized carbons (Fsp3) is 0.263. The van der Waals surface area contributed by atoms with Gasteiger partial charge in [-0.2, -0.15) is 0 Å². The number of hydrogen-bond acceptors (Lipinski definition) is 3. The van der Waals surface area contributed by atoms with Gasteiger partial charge in [-0.3, -0.25) is 9.59 Å². The van der Waals surface area contributed by atoms with Crippen LogP contribution in [0.2, 0.25) is 5.02 Å². The molecule has 0 spiro atoms. The van der Waals surface area contributed by atoms with E-state index in [4.69, 9.17) is 16.3 Å². The summed E-state index contributed by atoms with van der Waals surface area (Å²) in [6.07, 6.45) is 0.615. The molecule has 0 aliphatic heterocycles. The molecule has 0 saturated heterocycles. The Kier molecular flexibility index (Phi) is 6.82. The fourth-order valence-corrected chi connectivity index (χ4v) is 2.55. The Morgan fingerprint density at radius 2 is 1.75 bits per heavy atom. The third-order valence-electron chi connectivity index (χ3n) is 3.67. The van der Waals surface area contributed by atoms with E-state index in [1.807, 2.05) is 55.5 Å². The summed E-state index contributed by atoms with van der Waals surface area (Å²) in [5.74, 6) is -1.11. The monoisotopic (exact) mass is 345 g/mol. The Balaban J connectivity index is 1.82. The van der Waals surface area contributed by atoms with Gasteiger partial charge in [-0.05, 0) is 23.6 Å². The zero-order valence-electron chi connectivity index (χ0n) is 13.5.